The van der Waals surface area contributed by atoms with E-state index in [1.165, 1.54) is 32.1 Å². The SMILES string of the molecule is C=CC(=O)C1(SCC)C2CC3CC(C2)CC1C3. The van der Waals surface area contributed by atoms with Crippen LogP contribution in [0, 0.1) is 23.7 Å². The fraction of sp³-hybridized carbons (Fsp3) is 0.800. The van der Waals surface area contributed by atoms with Crippen molar-refractivity contribution in [1.29, 1.82) is 0 Å². The van der Waals surface area contributed by atoms with Crippen LogP contribution in [0.4, 0.5) is 0 Å². The minimum Gasteiger partial charge on any atom is -0.293 e. The second kappa shape index (κ2) is 4.15. The van der Waals surface area contributed by atoms with Crippen molar-refractivity contribution in [1.82, 2.24) is 0 Å². The summed E-state index contributed by atoms with van der Waals surface area (Å²) in [6.45, 7) is 5.95. The standard InChI is InChI=1S/C15H22OS/c1-3-14(16)15(17-4-2)12-6-10-5-11(8-12)9-13(15)7-10/h3,10-13H,1,4-9H2,2H3. The summed E-state index contributed by atoms with van der Waals surface area (Å²) in [5.74, 6) is 4.55. The van der Waals surface area contributed by atoms with E-state index in [9.17, 15) is 4.79 Å². The summed E-state index contributed by atoms with van der Waals surface area (Å²) in [7, 11) is 0. The van der Waals surface area contributed by atoms with E-state index in [2.05, 4.69) is 13.5 Å². The molecule has 4 rings (SSSR count). The van der Waals surface area contributed by atoms with Crippen LogP contribution in [0.1, 0.15) is 39.0 Å². The predicted octanol–water partition coefficient (Wildman–Crippen LogP) is 3.69. The van der Waals surface area contributed by atoms with Crippen LogP contribution in [0.3, 0.4) is 0 Å². The van der Waals surface area contributed by atoms with Gasteiger partial charge in [0.2, 0.25) is 0 Å². The minimum absolute atomic E-state index is 0.0794. The number of carbonyl (C=O) groups excluding carboxylic acids is 1. The smallest absolute Gasteiger partial charge is 0.171 e. The van der Waals surface area contributed by atoms with Crippen molar-refractivity contribution in [2.24, 2.45) is 23.7 Å². The first kappa shape index (κ1) is 11.8. The predicted molar refractivity (Wildman–Crippen MR) is 73.1 cm³/mol. The first-order valence-electron chi connectivity index (χ1n) is 7.01. The van der Waals surface area contributed by atoms with Gasteiger partial charge in [-0.25, -0.2) is 0 Å². The molecule has 0 spiro atoms. The van der Waals surface area contributed by atoms with E-state index in [0.717, 1.165) is 17.6 Å². The van der Waals surface area contributed by atoms with Gasteiger partial charge in [0.25, 0.3) is 0 Å². The Kier molecular flexibility index (Phi) is 2.89. The number of hydrogen-bond acceptors (Lipinski definition) is 2. The molecule has 0 aromatic carbocycles. The van der Waals surface area contributed by atoms with Gasteiger partial charge in [-0.1, -0.05) is 13.5 Å². The van der Waals surface area contributed by atoms with Gasteiger partial charge in [-0.15, -0.1) is 11.8 Å². The summed E-state index contributed by atoms with van der Waals surface area (Å²) in [5, 5.41) is 0. The molecule has 4 aliphatic carbocycles. The van der Waals surface area contributed by atoms with Gasteiger partial charge in [-0.3, -0.25) is 4.79 Å². The second-order valence-corrected chi connectivity index (χ2v) is 7.64. The Bertz CT molecular complexity index is 319. The molecule has 0 aromatic heterocycles. The van der Waals surface area contributed by atoms with E-state index in [-0.39, 0.29) is 4.75 Å². The zero-order chi connectivity index (χ0) is 12.0. The van der Waals surface area contributed by atoms with Gasteiger partial charge in [0, 0.05) is 0 Å². The fourth-order valence-electron chi connectivity index (χ4n) is 4.99. The average molecular weight is 250 g/mol. The lowest BCUT2D eigenvalue weighted by atomic mass is 9.50. The van der Waals surface area contributed by atoms with Crippen molar-refractivity contribution in [2.45, 2.75) is 43.8 Å². The Balaban J connectivity index is 1.98. The lowest BCUT2D eigenvalue weighted by Crippen LogP contribution is -2.59. The summed E-state index contributed by atoms with van der Waals surface area (Å²) < 4.78 is -0.0794. The van der Waals surface area contributed by atoms with Gasteiger partial charge < -0.3 is 0 Å². The molecule has 0 aliphatic heterocycles. The summed E-state index contributed by atoms with van der Waals surface area (Å²) in [4.78, 5) is 12.5. The first-order chi connectivity index (χ1) is 8.20. The molecule has 0 amide bonds. The maximum atomic E-state index is 12.5. The second-order valence-electron chi connectivity index (χ2n) is 6.10. The third-order valence-electron chi connectivity index (χ3n) is 5.30. The molecule has 4 fully saturated rings. The number of allylic oxidation sites excluding steroid dienone is 1. The lowest BCUT2D eigenvalue weighted by Gasteiger charge is -2.59. The average Bonchev–Trinajstić information content (AvgIpc) is 2.32. The van der Waals surface area contributed by atoms with Crippen LogP contribution in [-0.4, -0.2) is 16.3 Å². The molecule has 2 heteroatoms. The van der Waals surface area contributed by atoms with Crippen LogP contribution < -0.4 is 0 Å². The molecule has 17 heavy (non-hydrogen) atoms. The molecule has 1 nitrogen and oxygen atoms in total. The van der Waals surface area contributed by atoms with E-state index >= 15 is 0 Å². The Morgan fingerprint density at radius 3 is 2.18 bits per heavy atom. The van der Waals surface area contributed by atoms with Gasteiger partial charge in [0.05, 0.1) is 4.75 Å². The molecule has 4 saturated carbocycles. The van der Waals surface area contributed by atoms with Crippen molar-refractivity contribution in [3.63, 3.8) is 0 Å². The molecule has 94 valence electrons. The van der Waals surface area contributed by atoms with Gasteiger partial charge in [0.1, 0.15) is 0 Å². The van der Waals surface area contributed by atoms with Gasteiger partial charge in [0.15, 0.2) is 5.78 Å². The molecule has 0 heterocycles. The molecule has 0 aromatic rings. The molecule has 0 saturated heterocycles. The van der Waals surface area contributed by atoms with Crippen LogP contribution in [-0.2, 0) is 4.79 Å². The van der Waals surface area contributed by atoms with Gasteiger partial charge >= 0.3 is 0 Å². The topological polar surface area (TPSA) is 17.1 Å². The van der Waals surface area contributed by atoms with Crippen molar-refractivity contribution in [3.05, 3.63) is 12.7 Å². The van der Waals surface area contributed by atoms with E-state index < -0.39 is 0 Å². The third-order valence-corrected chi connectivity index (χ3v) is 6.94. The molecule has 0 N–H and O–H groups in total. The van der Waals surface area contributed by atoms with E-state index in [1.54, 1.807) is 6.08 Å². The molecule has 4 bridgehead atoms. The third kappa shape index (κ3) is 1.56. The molecule has 0 radical (unpaired) electrons. The van der Waals surface area contributed by atoms with Crippen molar-refractivity contribution in [3.8, 4) is 0 Å². The van der Waals surface area contributed by atoms with Crippen LogP contribution in [0.25, 0.3) is 0 Å². The zero-order valence-corrected chi connectivity index (χ0v) is 11.5. The van der Waals surface area contributed by atoms with Crippen LogP contribution in [0.5, 0.6) is 0 Å². The Morgan fingerprint density at radius 2 is 1.76 bits per heavy atom. The van der Waals surface area contributed by atoms with E-state index in [0.29, 0.717) is 17.6 Å². The van der Waals surface area contributed by atoms with Gasteiger partial charge in [-0.2, -0.15) is 0 Å². The van der Waals surface area contributed by atoms with Gasteiger partial charge in [-0.05, 0) is 67.6 Å². The lowest BCUT2D eigenvalue weighted by molar-refractivity contribution is -0.126. The highest BCUT2D eigenvalue weighted by atomic mass is 32.2. The normalized spacial score (nSPS) is 47.1. The monoisotopic (exact) mass is 250 g/mol. The number of thioether (sulfide) groups is 1. The van der Waals surface area contributed by atoms with Crippen LogP contribution in [0.2, 0.25) is 0 Å². The number of hydrogen-bond donors (Lipinski definition) is 0. The summed E-state index contributed by atoms with van der Waals surface area (Å²) in [6, 6.07) is 0. The van der Waals surface area contributed by atoms with E-state index in [4.69, 9.17) is 0 Å². The zero-order valence-electron chi connectivity index (χ0n) is 10.7. The highest BCUT2D eigenvalue weighted by Crippen LogP contribution is 2.63. The number of rotatable bonds is 4. The van der Waals surface area contributed by atoms with E-state index in [1.807, 2.05) is 11.8 Å². The van der Waals surface area contributed by atoms with Crippen LogP contribution >= 0.6 is 11.8 Å². The Labute approximate surface area is 108 Å². The minimum atomic E-state index is -0.0794. The van der Waals surface area contributed by atoms with Crippen molar-refractivity contribution in [2.75, 3.05) is 5.75 Å². The molecular formula is C15H22OS. The highest BCUT2D eigenvalue weighted by Gasteiger charge is 2.59. The number of carbonyl (C=O) groups is 1. The maximum Gasteiger partial charge on any atom is 0.171 e. The molecule has 0 atom stereocenters. The molecular weight excluding hydrogens is 228 g/mol. The first-order valence-corrected chi connectivity index (χ1v) is 8.00. The quantitative estimate of drug-likeness (QED) is 0.708. The van der Waals surface area contributed by atoms with Crippen molar-refractivity contribution < 1.29 is 4.79 Å². The maximum absolute atomic E-state index is 12.5. The van der Waals surface area contributed by atoms with Crippen molar-refractivity contribution >= 4 is 17.5 Å². The largest absolute Gasteiger partial charge is 0.293 e. The highest BCUT2D eigenvalue weighted by molar-refractivity contribution is 8.01. The fourth-order valence-corrected chi connectivity index (χ4v) is 6.55. The number of ketones is 1. The molecule has 0 unspecified atom stereocenters. The van der Waals surface area contributed by atoms with Crippen LogP contribution in [0.15, 0.2) is 12.7 Å². The summed E-state index contributed by atoms with van der Waals surface area (Å²) >= 11 is 1.93. The Morgan fingerprint density at radius 1 is 1.24 bits per heavy atom. The summed E-state index contributed by atoms with van der Waals surface area (Å²) in [5.41, 5.74) is 0. The summed E-state index contributed by atoms with van der Waals surface area (Å²) in [6.07, 6.45) is 8.27. The Hall–Kier alpha value is -0.240. The molecule has 4 aliphatic rings.